The van der Waals surface area contributed by atoms with Crippen LogP contribution in [0.15, 0.2) is 0 Å². The van der Waals surface area contributed by atoms with Gasteiger partial charge in [-0.15, -0.1) is 0 Å². The van der Waals surface area contributed by atoms with Crippen LogP contribution in [0.1, 0.15) is 71.1 Å². The van der Waals surface area contributed by atoms with Crippen LogP contribution in [-0.2, 0) is 0 Å². The quantitative estimate of drug-likeness (QED) is 0.768. The van der Waals surface area contributed by atoms with Crippen LogP contribution < -0.4 is 5.32 Å². The van der Waals surface area contributed by atoms with E-state index in [1.54, 1.807) is 0 Å². The first-order chi connectivity index (χ1) is 8.73. The van der Waals surface area contributed by atoms with E-state index in [9.17, 15) is 0 Å². The zero-order valence-electron chi connectivity index (χ0n) is 12.1. The van der Waals surface area contributed by atoms with Gasteiger partial charge in [0.15, 0.2) is 0 Å². The molecule has 0 aromatic heterocycles. The zero-order chi connectivity index (χ0) is 12.5. The lowest BCUT2D eigenvalue weighted by molar-refractivity contribution is 0.0704. The fourth-order valence-electron chi connectivity index (χ4n) is 4.60. The van der Waals surface area contributed by atoms with Gasteiger partial charge in [0.05, 0.1) is 0 Å². The molecule has 18 heavy (non-hydrogen) atoms. The summed E-state index contributed by atoms with van der Waals surface area (Å²) >= 11 is 0. The molecule has 1 saturated heterocycles. The fourth-order valence-corrected chi connectivity index (χ4v) is 4.60. The molecule has 1 heterocycles. The third-order valence-electron chi connectivity index (χ3n) is 5.85. The minimum absolute atomic E-state index is 0.473. The molecular formula is C16H30N2. The van der Waals surface area contributed by atoms with Crippen LogP contribution >= 0.6 is 0 Å². The highest BCUT2D eigenvalue weighted by molar-refractivity contribution is 5.00. The van der Waals surface area contributed by atoms with Crippen LogP contribution in [0.2, 0.25) is 0 Å². The van der Waals surface area contributed by atoms with Gasteiger partial charge < -0.3 is 5.32 Å². The van der Waals surface area contributed by atoms with Crippen molar-refractivity contribution in [1.29, 1.82) is 0 Å². The Morgan fingerprint density at radius 3 is 2.22 bits per heavy atom. The number of nitrogens with zero attached hydrogens (tertiary/aromatic N) is 1. The molecule has 0 unspecified atom stereocenters. The average molecular weight is 250 g/mol. The molecule has 0 radical (unpaired) electrons. The van der Waals surface area contributed by atoms with Crippen molar-refractivity contribution < 1.29 is 0 Å². The van der Waals surface area contributed by atoms with Gasteiger partial charge in [0, 0.05) is 17.6 Å². The van der Waals surface area contributed by atoms with E-state index in [1.165, 1.54) is 83.8 Å². The maximum Gasteiger partial charge on any atom is 0.0309 e. The molecule has 2 heteroatoms. The van der Waals surface area contributed by atoms with Crippen LogP contribution in [-0.4, -0.2) is 35.6 Å². The van der Waals surface area contributed by atoms with E-state index < -0.39 is 0 Å². The van der Waals surface area contributed by atoms with Crippen LogP contribution in [0.25, 0.3) is 0 Å². The van der Waals surface area contributed by atoms with Crippen molar-refractivity contribution in [2.45, 2.75) is 82.2 Å². The Kier molecular flexibility index (Phi) is 3.68. The molecule has 2 nitrogen and oxygen atoms in total. The molecule has 2 aliphatic carbocycles. The summed E-state index contributed by atoms with van der Waals surface area (Å²) in [5.41, 5.74) is 0.997. The molecule has 3 rings (SSSR count). The summed E-state index contributed by atoms with van der Waals surface area (Å²) in [6, 6.07) is 0. The lowest BCUT2D eigenvalue weighted by Gasteiger charge is -2.45. The number of nitrogens with one attached hydrogen (secondary N) is 1. The molecule has 104 valence electrons. The van der Waals surface area contributed by atoms with Crippen molar-refractivity contribution in [2.24, 2.45) is 0 Å². The molecule has 0 atom stereocenters. The first kappa shape index (κ1) is 12.9. The smallest absolute Gasteiger partial charge is 0.0309 e. The molecule has 0 aromatic rings. The van der Waals surface area contributed by atoms with Crippen LogP contribution in [0.3, 0.4) is 0 Å². The lowest BCUT2D eigenvalue weighted by atomic mass is 9.80. The Morgan fingerprint density at radius 1 is 0.833 bits per heavy atom. The Morgan fingerprint density at radius 2 is 1.50 bits per heavy atom. The third-order valence-corrected chi connectivity index (χ3v) is 5.85. The second kappa shape index (κ2) is 5.13. The van der Waals surface area contributed by atoms with Crippen molar-refractivity contribution in [2.75, 3.05) is 19.6 Å². The van der Waals surface area contributed by atoms with E-state index >= 15 is 0 Å². The summed E-state index contributed by atoms with van der Waals surface area (Å²) in [7, 11) is 0. The highest BCUT2D eigenvalue weighted by Crippen LogP contribution is 2.38. The molecule has 0 aromatic carbocycles. The van der Waals surface area contributed by atoms with Crippen LogP contribution in [0.4, 0.5) is 0 Å². The summed E-state index contributed by atoms with van der Waals surface area (Å²) in [5.74, 6) is 0. The van der Waals surface area contributed by atoms with Gasteiger partial charge in [0.2, 0.25) is 0 Å². The minimum atomic E-state index is 0.473. The predicted molar refractivity (Wildman–Crippen MR) is 76.9 cm³/mol. The largest absolute Gasteiger partial charge is 0.310 e. The molecule has 2 saturated carbocycles. The molecule has 3 aliphatic rings. The maximum absolute atomic E-state index is 3.93. The second-order valence-electron chi connectivity index (χ2n) is 7.25. The van der Waals surface area contributed by atoms with E-state index in [0.717, 1.165) is 0 Å². The van der Waals surface area contributed by atoms with Gasteiger partial charge in [-0.1, -0.05) is 32.1 Å². The van der Waals surface area contributed by atoms with Crippen molar-refractivity contribution in [3.05, 3.63) is 0 Å². The van der Waals surface area contributed by atoms with Crippen molar-refractivity contribution in [3.63, 3.8) is 0 Å². The maximum atomic E-state index is 3.93. The number of hydrogen-bond donors (Lipinski definition) is 1. The molecule has 1 N–H and O–H groups in total. The predicted octanol–water partition coefficient (Wildman–Crippen LogP) is 3.32. The Bertz CT molecular complexity index is 275. The molecule has 0 bridgehead atoms. The van der Waals surface area contributed by atoms with Crippen LogP contribution in [0.5, 0.6) is 0 Å². The molecule has 1 aliphatic heterocycles. The monoisotopic (exact) mass is 250 g/mol. The van der Waals surface area contributed by atoms with Crippen LogP contribution in [0, 0.1) is 0 Å². The molecule has 3 fully saturated rings. The van der Waals surface area contributed by atoms with E-state index in [1.807, 2.05) is 0 Å². The van der Waals surface area contributed by atoms with E-state index in [4.69, 9.17) is 0 Å². The van der Waals surface area contributed by atoms with Crippen molar-refractivity contribution >= 4 is 0 Å². The van der Waals surface area contributed by atoms with Gasteiger partial charge >= 0.3 is 0 Å². The van der Waals surface area contributed by atoms with Crippen molar-refractivity contribution in [1.82, 2.24) is 10.2 Å². The van der Waals surface area contributed by atoms with E-state index in [-0.39, 0.29) is 0 Å². The number of rotatable bonds is 1. The molecule has 1 spiro atoms. The normalized spacial score (nSPS) is 32.5. The standard InChI is InChI=1S/C16H30N2/c1-15(8-5-6-9-15)18-13-7-12-17-16(14-18)10-3-2-4-11-16/h17H,2-14H2,1H3. The fraction of sp³-hybridized carbons (Fsp3) is 1.00. The molecule has 0 amide bonds. The highest BCUT2D eigenvalue weighted by atomic mass is 15.2. The first-order valence-corrected chi connectivity index (χ1v) is 8.23. The highest BCUT2D eigenvalue weighted by Gasteiger charge is 2.41. The molecular weight excluding hydrogens is 220 g/mol. The summed E-state index contributed by atoms with van der Waals surface area (Å²) in [6.07, 6.45) is 14.3. The average Bonchev–Trinajstić information content (AvgIpc) is 2.72. The zero-order valence-corrected chi connectivity index (χ0v) is 12.1. The van der Waals surface area contributed by atoms with E-state index in [0.29, 0.717) is 11.1 Å². The summed E-state index contributed by atoms with van der Waals surface area (Å²) in [4.78, 5) is 2.87. The van der Waals surface area contributed by atoms with Gasteiger partial charge in [0.25, 0.3) is 0 Å². The van der Waals surface area contributed by atoms with Gasteiger partial charge in [-0.3, -0.25) is 4.90 Å². The summed E-state index contributed by atoms with van der Waals surface area (Å²) in [6.45, 7) is 6.42. The Hall–Kier alpha value is -0.0800. The van der Waals surface area contributed by atoms with Gasteiger partial charge in [-0.05, 0) is 52.1 Å². The SMILES string of the molecule is CC1(N2CCCNC3(CCCCC3)C2)CCCC1. The van der Waals surface area contributed by atoms with Crippen molar-refractivity contribution in [3.8, 4) is 0 Å². The van der Waals surface area contributed by atoms with E-state index in [2.05, 4.69) is 17.1 Å². The summed E-state index contributed by atoms with van der Waals surface area (Å²) in [5, 5.41) is 3.93. The Balaban J connectivity index is 1.74. The summed E-state index contributed by atoms with van der Waals surface area (Å²) < 4.78 is 0. The minimum Gasteiger partial charge on any atom is -0.310 e. The first-order valence-electron chi connectivity index (χ1n) is 8.23. The lowest BCUT2D eigenvalue weighted by Crippen LogP contribution is -2.56. The van der Waals surface area contributed by atoms with Gasteiger partial charge in [-0.2, -0.15) is 0 Å². The van der Waals surface area contributed by atoms with Gasteiger partial charge in [-0.25, -0.2) is 0 Å². The van der Waals surface area contributed by atoms with Gasteiger partial charge in [0.1, 0.15) is 0 Å². The Labute approximate surface area is 113 Å². The number of hydrogen-bond acceptors (Lipinski definition) is 2. The second-order valence-corrected chi connectivity index (χ2v) is 7.25. The third kappa shape index (κ3) is 2.46. The topological polar surface area (TPSA) is 15.3 Å².